The molecule has 136 valence electrons. The molecule has 0 spiro atoms. The predicted molar refractivity (Wildman–Crippen MR) is 89.9 cm³/mol. The van der Waals surface area contributed by atoms with Crippen LogP contribution in [0.1, 0.15) is 57.9 Å². The normalized spacial score (nSPS) is 22.1. The minimum absolute atomic E-state index is 0.0238. The highest BCUT2D eigenvalue weighted by atomic mass is 16.5. The first kappa shape index (κ1) is 18.9. The SMILES string of the molecule is CC(C)COC(C)c1noc(CN(C)C(=O)[C@@H]2CCC[C@@H]2CN)n1. The van der Waals surface area contributed by atoms with Crippen molar-refractivity contribution in [2.75, 3.05) is 20.2 Å². The van der Waals surface area contributed by atoms with Crippen LogP contribution in [0.4, 0.5) is 0 Å². The molecule has 1 saturated carbocycles. The summed E-state index contributed by atoms with van der Waals surface area (Å²) >= 11 is 0. The summed E-state index contributed by atoms with van der Waals surface area (Å²) in [5.74, 6) is 1.84. The van der Waals surface area contributed by atoms with Gasteiger partial charge in [0.2, 0.25) is 11.8 Å². The minimum Gasteiger partial charge on any atom is -0.370 e. The number of aromatic nitrogens is 2. The van der Waals surface area contributed by atoms with Gasteiger partial charge in [0.1, 0.15) is 6.10 Å². The molecule has 0 aliphatic heterocycles. The van der Waals surface area contributed by atoms with E-state index < -0.39 is 0 Å². The summed E-state index contributed by atoms with van der Waals surface area (Å²) in [6.45, 7) is 7.61. The van der Waals surface area contributed by atoms with Gasteiger partial charge in [0.25, 0.3) is 0 Å². The zero-order valence-corrected chi connectivity index (χ0v) is 15.2. The molecule has 0 bridgehead atoms. The summed E-state index contributed by atoms with van der Waals surface area (Å²) in [6, 6.07) is 0. The molecule has 1 aromatic rings. The molecule has 1 aromatic heterocycles. The zero-order valence-electron chi connectivity index (χ0n) is 15.2. The number of amides is 1. The smallest absolute Gasteiger partial charge is 0.246 e. The van der Waals surface area contributed by atoms with E-state index in [2.05, 4.69) is 24.0 Å². The van der Waals surface area contributed by atoms with Gasteiger partial charge in [-0.25, -0.2) is 0 Å². The Morgan fingerprint density at radius 3 is 2.83 bits per heavy atom. The fourth-order valence-electron chi connectivity index (χ4n) is 3.12. The van der Waals surface area contributed by atoms with E-state index in [-0.39, 0.29) is 17.9 Å². The van der Waals surface area contributed by atoms with Crippen molar-refractivity contribution in [1.29, 1.82) is 0 Å². The lowest BCUT2D eigenvalue weighted by Gasteiger charge is -2.23. The van der Waals surface area contributed by atoms with Crippen molar-refractivity contribution in [3.05, 3.63) is 11.7 Å². The molecule has 7 nitrogen and oxygen atoms in total. The number of nitrogens with zero attached hydrogens (tertiary/aromatic N) is 3. The highest BCUT2D eigenvalue weighted by molar-refractivity contribution is 5.79. The molecule has 2 rings (SSSR count). The molecule has 1 aliphatic rings. The van der Waals surface area contributed by atoms with Crippen LogP contribution in [0.25, 0.3) is 0 Å². The zero-order chi connectivity index (χ0) is 17.7. The summed E-state index contributed by atoms with van der Waals surface area (Å²) in [5, 5.41) is 3.97. The third-order valence-corrected chi connectivity index (χ3v) is 4.55. The van der Waals surface area contributed by atoms with Crippen LogP contribution in [0.2, 0.25) is 0 Å². The lowest BCUT2D eigenvalue weighted by atomic mass is 9.95. The van der Waals surface area contributed by atoms with Gasteiger partial charge in [-0.1, -0.05) is 25.4 Å². The third-order valence-electron chi connectivity index (χ3n) is 4.55. The molecule has 2 N–H and O–H groups in total. The molecule has 1 unspecified atom stereocenters. The van der Waals surface area contributed by atoms with E-state index in [0.717, 1.165) is 19.3 Å². The molecule has 24 heavy (non-hydrogen) atoms. The van der Waals surface area contributed by atoms with Crippen molar-refractivity contribution >= 4 is 5.91 Å². The average Bonchev–Trinajstić information content (AvgIpc) is 3.20. The van der Waals surface area contributed by atoms with E-state index in [4.69, 9.17) is 15.0 Å². The molecule has 3 atom stereocenters. The predicted octanol–water partition coefficient (Wildman–Crippen LogP) is 2.14. The number of ether oxygens (including phenoxy) is 1. The van der Waals surface area contributed by atoms with Crippen molar-refractivity contribution in [3.63, 3.8) is 0 Å². The molecule has 0 radical (unpaired) electrons. The fraction of sp³-hybridized carbons (Fsp3) is 0.824. The van der Waals surface area contributed by atoms with E-state index in [1.807, 2.05) is 6.92 Å². The minimum atomic E-state index is -0.220. The molecular formula is C17H30N4O3. The van der Waals surface area contributed by atoms with Crippen LogP contribution in [0.3, 0.4) is 0 Å². The summed E-state index contributed by atoms with van der Waals surface area (Å²) in [7, 11) is 1.77. The van der Waals surface area contributed by atoms with Gasteiger partial charge >= 0.3 is 0 Å². The molecule has 1 amide bonds. The Kier molecular flexibility index (Phi) is 6.74. The number of nitrogens with two attached hydrogens (primary N) is 1. The Morgan fingerprint density at radius 2 is 2.17 bits per heavy atom. The number of carbonyl (C=O) groups is 1. The van der Waals surface area contributed by atoms with Gasteiger partial charge in [-0.3, -0.25) is 4.79 Å². The van der Waals surface area contributed by atoms with Gasteiger partial charge in [0, 0.05) is 19.6 Å². The Labute approximate surface area is 143 Å². The second-order valence-electron chi connectivity index (χ2n) is 7.14. The van der Waals surface area contributed by atoms with Crippen LogP contribution < -0.4 is 5.73 Å². The lowest BCUT2D eigenvalue weighted by Crippen LogP contribution is -2.36. The van der Waals surface area contributed by atoms with Gasteiger partial charge in [0.05, 0.1) is 6.54 Å². The molecule has 1 heterocycles. The Balaban J connectivity index is 1.90. The molecule has 1 fully saturated rings. The van der Waals surface area contributed by atoms with Crippen LogP contribution in [-0.4, -0.2) is 41.1 Å². The second-order valence-corrected chi connectivity index (χ2v) is 7.14. The van der Waals surface area contributed by atoms with Crippen molar-refractivity contribution in [2.24, 2.45) is 23.5 Å². The van der Waals surface area contributed by atoms with Crippen molar-refractivity contribution < 1.29 is 14.1 Å². The van der Waals surface area contributed by atoms with Crippen molar-refractivity contribution in [1.82, 2.24) is 15.0 Å². The second kappa shape index (κ2) is 8.58. The number of carbonyl (C=O) groups excluding carboxylic acids is 1. The monoisotopic (exact) mass is 338 g/mol. The van der Waals surface area contributed by atoms with Crippen LogP contribution in [0.15, 0.2) is 4.52 Å². The van der Waals surface area contributed by atoms with Crippen LogP contribution in [0.5, 0.6) is 0 Å². The first-order chi connectivity index (χ1) is 11.4. The summed E-state index contributed by atoms with van der Waals surface area (Å²) in [4.78, 5) is 18.6. The maximum atomic E-state index is 12.6. The molecule has 1 aliphatic carbocycles. The van der Waals surface area contributed by atoms with Crippen LogP contribution >= 0.6 is 0 Å². The van der Waals surface area contributed by atoms with E-state index in [9.17, 15) is 4.79 Å². The highest BCUT2D eigenvalue weighted by Gasteiger charge is 2.34. The van der Waals surface area contributed by atoms with Gasteiger partial charge in [0.15, 0.2) is 5.82 Å². The topological polar surface area (TPSA) is 94.5 Å². The van der Waals surface area contributed by atoms with Crippen LogP contribution in [0, 0.1) is 17.8 Å². The summed E-state index contributed by atoms with van der Waals surface area (Å²) < 4.78 is 11.0. The summed E-state index contributed by atoms with van der Waals surface area (Å²) in [6.07, 6.45) is 2.81. The Bertz CT molecular complexity index is 532. The van der Waals surface area contributed by atoms with E-state index in [1.165, 1.54) is 0 Å². The fourth-order valence-corrected chi connectivity index (χ4v) is 3.12. The van der Waals surface area contributed by atoms with Gasteiger partial charge < -0.3 is 19.9 Å². The first-order valence-corrected chi connectivity index (χ1v) is 8.81. The third kappa shape index (κ3) is 4.77. The summed E-state index contributed by atoms with van der Waals surface area (Å²) in [5.41, 5.74) is 5.78. The number of rotatable bonds is 8. The Morgan fingerprint density at radius 1 is 1.42 bits per heavy atom. The quantitative estimate of drug-likeness (QED) is 0.780. The van der Waals surface area contributed by atoms with Gasteiger partial charge in [-0.2, -0.15) is 4.98 Å². The van der Waals surface area contributed by atoms with E-state index >= 15 is 0 Å². The molecule has 0 aromatic carbocycles. The average molecular weight is 338 g/mol. The van der Waals surface area contributed by atoms with E-state index in [0.29, 0.717) is 43.2 Å². The lowest BCUT2D eigenvalue weighted by molar-refractivity contribution is -0.136. The molecule has 0 saturated heterocycles. The molecular weight excluding hydrogens is 308 g/mol. The Hall–Kier alpha value is -1.47. The van der Waals surface area contributed by atoms with Crippen LogP contribution in [-0.2, 0) is 16.1 Å². The maximum Gasteiger partial charge on any atom is 0.246 e. The standard InChI is InChI=1S/C17H30N4O3/c1-11(2)10-23-12(3)16-19-15(24-20-16)9-21(4)17(22)14-7-5-6-13(14)8-18/h11-14H,5-10,18H2,1-4H3/t12?,13-,14-/m1/s1. The van der Waals surface area contributed by atoms with Gasteiger partial charge in [-0.15, -0.1) is 0 Å². The van der Waals surface area contributed by atoms with Crippen molar-refractivity contribution in [3.8, 4) is 0 Å². The number of hydrogen-bond acceptors (Lipinski definition) is 6. The number of hydrogen-bond donors (Lipinski definition) is 1. The first-order valence-electron chi connectivity index (χ1n) is 8.81. The maximum absolute atomic E-state index is 12.6. The van der Waals surface area contributed by atoms with E-state index in [1.54, 1.807) is 11.9 Å². The molecule has 7 heteroatoms. The van der Waals surface area contributed by atoms with Crippen molar-refractivity contribution in [2.45, 2.75) is 52.7 Å². The largest absolute Gasteiger partial charge is 0.370 e. The highest BCUT2D eigenvalue weighted by Crippen LogP contribution is 2.32. The van der Waals surface area contributed by atoms with Gasteiger partial charge in [-0.05, 0) is 38.1 Å².